The van der Waals surface area contributed by atoms with E-state index in [-0.39, 0.29) is 35.6 Å². The van der Waals surface area contributed by atoms with E-state index in [1.54, 1.807) is 0 Å². The molecular weight excluding hydrogens is 589 g/mol. The van der Waals surface area contributed by atoms with Crippen LogP contribution in [0, 0.1) is 23.6 Å². The highest BCUT2D eigenvalue weighted by atomic mass is 32.2. The van der Waals surface area contributed by atoms with E-state index in [0.29, 0.717) is 43.4 Å². The summed E-state index contributed by atoms with van der Waals surface area (Å²) in [5, 5.41) is 41.6. The zero-order chi connectivity index (χ0) is 31.4. The minimum Gasteiger partial charge on any atom is -0.388 e. The molecule has 0 aliphatic carbocycles. The highest BCUT2D eigenvalue weighted by Crippen LogP contribution is 2.36. The number of aliphatic hydroxyl groups excluding tert-OH is 3. The topological polar surface area (TPSA) is 149 Å². The summed E-state index contributed by atoms with van der Waals surface area (Å²) in [7, 11) is 0. The summed E-state index contributed by atoms with van der Waals surface area (Å²) in [6.45, 7) is 6.02. The first-order chi connectivity index (χ1) is 21.1. The van der Waals surface area contributed by atoms with Crippen LogP contribution < -0.4 is 16.0 Å². The second-order valence-corrected chi connectivity index (χ2v) is 14.4. The van der Waals surface area contributed by atoms with E-state index < -0.39 is 47.8 Å². The van der Waals surface area contributed by atoms with Crippen LogP contribution in [0.4, 0.5) is 4.39 Å². The predicted molar refractivity (Wildman–Crippen MR) is 164 cm³/mol. The number of fused-ring (bicyclic) bond motifs is 3. The number of carbonyl (C=O) groups excluding carboxylic acids is 2. The van der Waals surface area contributed by atoms with Crippen molar-refractivity contribution < 1.29 is 38.8 Å². The monoisotopic (exact) mass is 635 g/mol. The smallest absolute Gasteiger partial charge is 0.251 e. The highest BCUT2D eigenvalue weighted by Gasteiger charge is 2.49. The molecule has 11 atom stereocenters. The van der Waals surface area contributed by atoms with Gasteiger partial charge in [-0.05, 0) is 74.1 Å². The number of allylic oxidation sites excluding steroid dienone is 1. The third-order valence-corrected chi connectivity index (χ3v) is 10.6. The molecule has 0 radical (unpaired) electrons. The van der Waals surface area contributed by atoms with Gasteiger partial charge in [0.2, 0.25) is 5.91 Å². The first-order valence-corrected chi connectivity index (χ1v) is 16.7. The number of halogens is 1. The molecule has 44 heavy (non-hydrogen) atoms. The van der Waals surface area contributed by atoms with Gasteiger partial charge < -0.3 is 40.7 Å². The van der Waals surface area contributed by atoms with Crippen LogP contribution in [0.3, 0.4) is 0 Å². The van der Waals surface area contributed by atoms with Crippen LogP contribution in [0.2, 0.25) is 0 Å². The van der Waals surface area contributed by atoms with Gasteiger partial charge in [-0.1, -0.05) is 26.0 Å². The van der Waals surface area contributed by atoms with Gasteiger partial charge in [0, 0.05) is 30.5 Å². The number of rotatable bonds is 7. The lowest BCUT2D eigenvalue weighted by Crippen LogP contribution is -2.64. The Morgan fingerprint density at radius 1 is 1.07 bits per heavy atom. The summed E-state index contributed by atoms with van der Waals surface area (Å²) >= 11 is 1.25. The lowest BCUT2D eigenvalue weighted by atomic mass is 9.85. The van der Waals surface area contributed by atoms with E-state index in [9.17, 15) is 29.3 Å². The molecule has 4 aliphatic heterocycles. The fourth-order valence-corrected chi connectivity index (χ4v) is 8.21. The van der Waals surface area contributed by atoms with Crippen molar-refractivity contribution in [2.45, 2.75) is 99.2 Å². The zero-order valence-electron chi connectivity index (χ0n) is 25.3. The van der Waals surface area contributed by atoms with E-state index in [4.69, 9.17) is 9.47 Å². The molecule has 0 saturated carbocycles. The summed E-state index contributed by atoms with van der Waals surface area (Å²) in [6, 6.07) is 4.06. The lowest BCUT2D eigenvalue weighted by molar-refractivity contribution is -0.205. The molecule has 5 rings (SSSR count). The lowest BCUT2D eigenvalue weighted by Gasteiger charge is -2.44. The molecule has 244 valence electrons. The fourth-order valence-electron chi connectivity index (χ4n) is 6.92. The van der Waals surface area contributed by atoms with E-state index in [1.807, 2.05) is 12.2 Å². The van der Waals surface area contributed by atoms with E-state index in [1.165, 1.54) is 36.0 Å². The van der Waals surface area contributed by atoms with E-state index >= 15 is 0 Å². The average Bonchev–Trinajstić information content (AvgIpc) is 3.28. The van der Waals surface area contributed by atoms with E-state index in [2.05, 4.69) is 29.8 Å². The normalized spacial score (nSPS) is 38.3. The molecule has 3 saturated heterocycles. The van der Waals surface area contributed by atoms with Crippen LogP contribution in [0.15, 0.2) is 36.4 Å². The van der Waals surface area contributed by atoms with Crippen LogP contribution in [-0.4, -0.2) is 100 Å². The van der Waals surface area contributed by atoms with Crippen molar-refractivity contribution in [3.8, 4) is 0 Å². The van der Waals surface area contributed by atoms with Crippen molar-refractivity contribution in [3.05, 3.63) is 47.8 Å². The molecule has 1 aromatic rings. The largest absolute Gasteiger partial charge is 0.388 e. The quantitative estimate of drug-likeness (QED) is 0.247. The number of nitrogens with one attached hydrogen (secondary N) is 3. The predicted octanol–water partition coefficient (Wildman–Crippen LogP) is 1.73. The Labute approximate surface area is 262 Å². The van der Waals surface area contributed by atoms with Crippen molar-refractivity contribution in [2.75, 3.05) is 19.7 Å². The molecule has 2 amide bonds. The number of carbonyl (C=O) groups is 2. The first kappa shape index (κ1) is 33.3. The number of thioether (sulfide) groups is 1. The van der Waals surface area contributed by atoms with Gasteiger partial charge in [0.1, 0.15) is 41.7 Å². The Balaban J connectivity index is 1.24. The van der Waals surface area contributed by atoms with Crippen LogP contribution >= 0.6 is 11.8 Å². The van der Waals surface area contributed by atoms with Gasteiger partial charge in [-0.15, -0.1) is 11.8 Å². The van der Waals surface area contributed by atoms with Crippen LogP contribution in [-0.2, 0) is 14.3 Å². The third kappa shape index (κ3) is 8.01. The SMILES string of the molecule is CC(C)CC1CCOC2C(CNC2C(=O)N[C@@H]2C/C=C\C[C@@H](CNC(=O)c3ccc(F)cc3)S[C@H]3O[C@H]2[C@H](O)[C@H](O)[C@H]3O)C1. The molecule has 0 aromatic heterocycles. The maximum atomic E-state index is 13.6. The Kier molecular flexibility index (Phi) is 11.4. The maximum Gasteiger partial charge on any atom is 0.251 e. The highest BCUT2D eigenvalue weighted by molar-refractivity contribution is 8.00. The third-order valence-electron chi connectivity index (χ3n) is 9.16. The molecule has 3 fully saturated rings. The standard InChI is InChI=1S/C32H46FN3O7S/c1-17(2)13-18-11-12-42-28-20(14-18)15-34-24(28)31(41)36-23-6-4-3-5-22(16-35-30(40)19-7-9-21(33)10-8-19)44-32-27(39)25(37)26(38)29(23)43-32/h3-4,7-10,17-18,20,22-29,32,34,37-39H,5-6,11-16H2,1-2H3,(H,35,40)(H,36,41)/b4-3-/t18?,20?,22-,23+,24?,25-,26+,27+,28?,29+,32+/m0/s1. The molecular formula is C32H46FN3O7S. The number of aliphatic hydroxyl groups is 3. The number of benzene rings is 1. The minimum atomic E-state index is -1.49. The van der Waals surface area contributed by atoms with Crippen molar-refractivity contribution in [1.82, 2.24) is 16.0 Å². The molecule has 4 unspecified atom stereocenters. The summed E-state index contributed by atoms with van der Waals surface area (Å²) in [5.74, 6) is 0.403. The number of hydrogen-bond acceptors (Lipinski definition) is 9. The van der Waals surface area contributed by atoms with Gasteiger partial charge in [-0.2, -0.15) is 0 Å². The molecule has 4 aliphatic rings. The number of hydrogen-bond donors (Lipinski definition) is 6. The molecule has 6 N–H and O–H groups in total. The Bertz CT molecular complexity index is 1160. The van der Waals surface area contributed by atoms with Crippen molar-refractivity contribution in [3.63, 3.8) is 0 Å². The number of amides is 2. The summed E-state index contributed by atoms with van der Waals surface area (Å²) < 4.78 is 25.7. The Morgan fingerprint density at radius 3 is 2.57 bits per heavy atom. The Morgan fingerprint density at radius 2 is 1.82 bits per heavy atom. The number of ether oxygens (including phenoxy) is 2. The molecule has 10 nitrogen and oxygen atoms in total. The second kappa shape index (κ2) is 15.0. The van der Waals surface area contributed by atoms with Crippen LogP contribution in [0.1, 0.15) is 56.3 Å². The van der Waals surface area contributed by atoms with Crippen molar-refractivity contribution in [2.24, 2.45) is 17.8 Å². The first-order valence-electron chi connectivity index (χ1n) is 15.8. The van der Waals surface area contributed by atoms with Crippen molar-refractivity contribution in [1.29, 1.82) is 0 Å². The molecule has 4 heterocycles. The molecule has 1 aromatic carbocycles. The zero-order valence-corrected chi connectivity index (χ0v) is 26.1. The summed E-state index contributed by atoms with van der Waals surface area (Å²) in [6.07, 6.45) is 2.35. The van der Waals surface area contributed by atoms with Gasteiger partial charge in [0.05, 0.1) is 12.1 Å². The minimum absolute atomic E-state index is 0.226. The average molecular weight is 636 g/mol. The summed E-state index contributed by atoms with van der Waals surface area (Å²) in [4.78, 5) is 26.2. The molecule has 2 bridgehead atoms. The second-order valence-electron chi connectivity index (χ2n) is 13.0. The van der Waals surface area contributed by atoms with Gasteiger partial charge >= 0.3 is 0 Å². The van der Waals surface area contributed by atoms with E-state index in [0.717, 1.165) is 19.3 Å². The van der Waals surface area contributed by atoms with Gasteiger partial charge in [-0.25, -0.2) is 4.39 Å². The van der Waals surface area contributed by atoms with Gasteiger partial charge in [0.25, 0.3) is 5.91 Å². The molecule has 0 spiro atoms. The van der Waals surface area contributed by atoms with Gasteiger partial charge in [0.15, 0.2) is 0 Å². The molecule has 12 heteroatoms. The Hall–Kier alpha value is -2.06. The van der Waals surface area contributed by atoms with Crippen molar-refractivity contribution >= 4 is 23.6 Å². The van der Waals surface area contributed by atoms with Gasteiger partial charge in [-0.3, -0.25) is 9.59 Å². The fraction of sp³-hybridized carbons (Fsp3) is 0.688. The van der Waals surface area contributed by atoms with Crippen LogP contribution in [0.5, 0.6) is 0 Å². The summed E-state index contributed by atoms with van der Waals surface area (Å²) in [5.41, 5.74) is -0.584. The maximum absolute atomic E-state index is 13.6. The van der Waals surface area contributed by atoms with Crippen LogP contribution in [0.25, 0.3) is 0 Å².